The Balaban J connectivity index is 2.13. The number of aromatic nitrogens is 2. The zero-order valence-electron chi connectivity index (χ0n) is 13.6. The number of carbonyl (C=O) groups excluding carboxylic acids is 1. The van der Waals surface area contributed by atoms with Crippen molar-refractivity contribution in [3.8, 4) is 0 Å². The number of carbonyl (C=O) groups is 1. The van der Waals surface area contributed by atoms with E-state index in [-0.39, 0.29) is 16.9 Å². The van der Waals surface area contributed by atoms with Gasteiger partial charge in [-0.15, -0.1) is 0 Å². The minimum absolute atomic E-state index is 0.200. The summed E-state index contributed by atoms with van der Waals surface area (Å²) in [7, 11) is 0. The van der Waals surface area contributed by atoms with Crippen LogP contribution in [0.1, 0.15) is 31.1 Å². The highest BCUT2D eigenvalue weighted by Gasteiger charge is 2.27. The first kappa shape index (κ1) is 17.8. The van der Waals surface area contributed by atoms with Gasteiger partial charge in [-0.05, 0) is 32.9 Å². The van der Waals surface area contributed by atoms with E-state index < -0.39 is 18.6 Å². The summed E-state index contributed by atoms with van der Waals surface area (Å²) < 4.78 is 38.7. The Morgan fingerprint density at radius 2 is 1.79 bits per heavy atom. The van der Waals surface area contributed by atoms with Crippen LogP contribution in [0.3, 0.4) is 0 Å². The van der Waals surface area contributed by atoms with Gasteiger partial charge in [-0.2, -0.15) is 18.3 Å². The van der Waals surface area contributed by atoms with Crippen molar-refractivity contribution in [2.75, 3.05) is 17.2 Å². The van der Waals surface area contributed by atoms with Crippen LogP contribution in [0.15, 0.2) is 36.7 Å². The highest BCUT2D eigenvalue weighted by Crippen LogP contribution is 2.24. The Kier molecular flexibility index (Phi) is 4.86. The van der Waals surface area contributed by atoms with Crippen molar-refractivity contribution in [2.24, 2.45) is 0 Å². The van der Waals surface area contributed by atoms with E-state index in [1.807, 2.05) is 20.8 Å². The van der Waals surface area contributed by atoms with Gasteiger partial charge in [0, 0.05) is 6.20 Å². The van der Waals surface area contributed by atoms with E-state index in [1.165, 1.54) is 18.3 Å². The van der Waals surface area contributed by atoms with Crippen LogP contribution in [0, 0.1) is 0 Å². The summed E-state index contributed by atoms with van der Waals surface area (Å²) in [5.41, 5.74) is 0.530. The second kappa shape index (κ2) is 6.54. The molecule has 1 aromatic carbocycles. The summed E-state index contributed by atoms with van der Waals surface area (Å²) in [4.78, 5) is 12.3. The maximum atomic E-state index is 12.4. The Bertz CT molecular complexity index is 717. The minimum Gasteiger partial charge on any atom is -0.375 e. The van der Waals surface area contributed by atoms with Crippen LogP contribution in [0.25, 0.3) is 0 Å². The number of amides is 1. The molecule has 0 bridgehead atoms. The Morgan fingerprint density at radius 1 is 1.17 bits per heavy atom. The molecule has 2 N–H and O–H groups in total. The van der Waals surface area contributed by atoms with Crippen molar-refractivity contribution in [1.82, 2.24) is 9.78 Å². The molecular weight excluding hydrogens is 321 g/mol. The molecule has 0 aliphatic heterocycles. The summed E-state index contributed by atoms with van der Waals surface area (Å²) in [5.74, 6) is -0.438. The van der Waals surface area contributed by atoms with Crippen molar-refractivity contribution >= 4 is 17.3 Å². The Labute approximate surface area is 137 Å². The lowest BCUT2D eigenvalue weighted by Gasteiger charge is -2.18. The van der Waals surface area contributed by atoms with Crippen LogP contribution in [0.2, 0.25) is 0 Å². The molecule has 1 heterocycles. The summed E-state index contributed by atoms with van der Waals surface area (Å²) in [6.45, 7) is 4.65. The molecule has 2 aromatic rings. The summed E-state index contributed by atoms with van der Waals surface area (Å²) in [6, 6.07) is 6.23. The number of anilines is 2. The van der Waals surface area contributed by atoms with Gasteiger partial charge in [0.25, 0.3) is 5.91 Å². The van der Waals surface area contributed by atoms with Crippen LogP contribution in [-0.4, -0.2) is 28.4 Å². The van der Waals surface area contributed by atoms with E-state index >= 15 is 0 Å². The lowest BCUT2D eigenvalue weighted by molar-refractivity contribution is -0.115. The van der Waals surface area contributed by atoms with E-state index in [4.69, 9.17) is 0 Å². The van der Waals surface area contributed by atoms with Crippen molar-refractivity contribution in [3.63, 3.8) is 0 Å². The molecule has 0 saturated heterocycles. The highest BCUT2D eigenvalue weighted by atomic mass is 19.4. The average Bonchev–Trinajstić information content (AvgIpc) is 2.95. The van der Waals surface area contributed by atoms with Crippen molar-refractivity contribution in [3.05, 3.63) is 42.2 Å². The third-order valence-electron chi connectivity index (χ3n) is 3.19. The molecule has 5 nitrogen and oxygen atoms in total. The number of benzene rings is 1. The van der Waals surface area contributed by atoms with Crippen LogP contribution >= 0.6 is 0 Å². The Morgan fingerprint density at radius 3 is 2.33 bits per heavy atom. The van der Waals surface area contributed by atoms with E-state index in [9.17, 15) is 18.0 Å². The fourth-order valence-corrected chi connectivity index (χ4v) is 1.94. The largest absolute Gasteiger partial charge is 0.405 e. The molecule has 0 aliphatic carbocycles. The SMILES string of the molecule is CC(C)(C)n1cc(C(=O)Nc2ccccc2NCC(F)(F)F)cn1. The first-order valence-corrected chi connectivity index (χ1v) is 7.32. The van der Waals surface area contributed by atoms with Gasteiger partial charge in [0.2, 0.25) is 0 Å². The lowest BCUT2D eigenvalue weighted by atomic mass is 10.1. The molecule has 0 radical (unpaired) electrons. The molecule has 1 amide bonds. The number of nitrogens with one attached hydrogen (secondary N) is 2. The first-order valence-electron chi connectivity index (χ1n) is 7.32. The number of para-hydroxylation sites is 2. The average molecular weight is 340 g/mol. The van der Waals surface area contributed by atoms with Gasteiger partial charge in [-0.3, -0.25) is 9.48 Å². The topological polar surface area (TPSA) is 59.0 Å². The van der Waals surface area contributed by atoms with Gasteiger partial charge in [0.15, 0.2) is 0 Å². The summed E-state index contributed by atoms with van der Waals surface area (Å²) in [6.07, 6.45) is -1.32. The van der Waals surface area contributed by atoms with Gasteiger partial charge >= 0.3 is 6.18 Å². The van der Waals surface area contributed by atoms with E-state index in [0.717, 1.165) is 0 Å². The van der Waals surface area contributed by atoms with Crippen LogP contribution in [0.5, 0.6) is 0 Å². The predicted molar refractivity (Wildman–Crippen MR) is 86.2 cm³/mol. The molecule has 0 unspecified atom stereocenters. The van der Waals surface area contributed by atoms with Crippen LogP contribution in [0.4, 0.5) is 24.5 Å². The van der Waals surface area contributed by atoms with Crippen molar-refractivity contribution in [2.45, 2.75) is 32.5 Å². The second-order valence-electron chi connectivity index (χ2n) is 6.31. The predicted octanol–water partition coefficient (Wildman–Crippen LogP) is 3.86. The maximum Gasteiger partial charge on any atom is 0.405 e. The number of halogens is 3. The fraction of sp³-hybridized carbons (Fsp3) is 0.375. The second-order valence-corrected chi connectivity index (χ2v) is 6.31. The molecule has 24 heavy (non-hydrogen) atoms. The zero-order chi connectivity index (χ0) is 18.0. The van der Waals surface area contributed by atoms with Gasteiger partial charge in [0.05, 0.1) is 28.7 Å². The third kappa shape index (κ3) is 4.74. The van der Waals surface area contributed by atoms with E-state index in [0.29, 0.717) is 5.56 Å². The molecule has 0 saturated carbocycles. The number of hydrogen-bond acceptors (Lipinski definition) is 3. The number of rotatable bonds is 4. The molecule has 0 aliphatic rings. The van der Waals surface area contributed by atoms with Gasteiger partial charge in [0.1, 0.15) is 6.54 Å². The molecule has 8 heteroatoms. The van der Waals surface area contributed by atoms with Crippen LogP contribution < -0.4 is 10.6 Å². The van der Waals surface area contributed by atoms with Gasteiger partial charge in [-0.25, -0.2) is 0 Å². The smallest absolute Gasteiger partial charge is 0.375 e. The fourth-order valence-electron chi connectivity index (χ4n) is 1.94. The molecule has 130 valence electrons. The van der Waals surface area contributed by atoms with Gasteiger partial charge < -0.3 is 10.6 Å². The molecule has 0 atom stereocenters. The van der Waals surface area contributed by atoms with Gasteiger partial charge in [-0.1, -0.05) is 12.1 Å². The molecule has 1 aromatic heterocycles. The summed E-state index contributed by atoms with van der Waals surface area (Å²) >= 11 is 0. The molecule has 2 rings (SSSR count). The summed E-state index contributed by atoms with van der Waals surface area (Å²) in [5, 5.41) is 9.02. The first-order chi connectivity index (χ1) is 11.1. The highest BCUT2D eigenvalue weighted by molar-refractivity contribution is 6.05. The molecular formula is C16H19F3N4O. The monoisotopic (exact) mass is 340 g/mol. The number of alkyl halides is 3. The normalized spacial score (nSPS) is 12.1. The Hall–Kier alpha value is -2.51. The zero-order valence-corrected chi connectivity index (χ0v) is 13.6. The number of hydrogen-bond donors (Lipinski definition) is 2. The van der Waals surface area contributed by atoms with Crippen LogP contribution in [-0.2, 0) is 5.54 Å². The minimum atomic E-state index is -4.34. The van der Waals surface area contributed by atoms with E-state index in [1.54, 1.807) is 23.0 Å². The van der Waals surface area contributed by atoms with Crippen molar-refractivity contribution in [1.29, 1.82) is 0 Å². The lowest BCUT2D eigenvalue weighted by Crippen LogP contribution is -2.23. The van der Waals surface area contributed by atoms with E-state index in [2.05, 4.69) is 15.7 Å². The quantitative estimate of drug-likeness (QED) is 0.888. The molecule has 0 fully saturated rings. The maximum absolute atomic E-state index is 12.4. The molecule has 0 spiro atoms. The number of nitrogens with zero attached hydrogens (tertiary/aromatic N) is 2. The van der Waals surface area contributed by atoms with Crippen molar-refractivity contribution < 1.29 is 18.0 Å². The standard InChI is InChI=1S/C16H19F3N4O/c1-15(2,3)23-9-11(8-21-23)14(24)22-13-7-5-4-6-12(13)20-10-16(17,18)19/h4-9,20H,10H2,1-3H3,(H,22,24). The third-order valence-corrected chi connectivity index (χ3v) is 3.19.